The molecule has 25 heavy (non-hydrogen) atoms. The fourth-order valence-corrected chi connectivity index (χ4v) is 2.62. The maximum Gasteiger partial charge on any atom is 0.332 e. The fourth-order valence-electron chi connectivity index (χ4n) is 2.62. The predicted octanol–water partition coefficient (Wildman–Crippen LogP) is 2.37. The van der Waals surface area contributed by atoms with Gasteiger partial charge in [0, 0.05) is 13.1 Å². The summed E-state index contributed by atoms with van der Waals surface area (Å²) >= 11 is 0. The number of halogens is 2. The topological polar surface area (TPSA) is 72.7 Å². The van der Waals surface area contributed by atoms with Crippen LogP contribution in [0.3, 0.4) is 0 Å². The van der Waals surface area contributed by atoms with E-state index in [0.29, 0.717) is 17.9 Å². The molecule has 130 valence electrons. The molecule has 6 nitrogen and oxygen atoms in total. The lowest BCUT2D eigenvalue weighted by Gasteiger charge is -2.06. The second kappa shape index (κ2) is 6.46. The van der Waals surface area contributed by atoms with E-state index in [0.717, 1.165) is 16.7 Å². The minimum Gasteiger partial charge on any atom is -0.333 e. The standard InChI is InChI=1S/C17H16F2N4O2/c1-3-22-15-14(16(24)23(4-2)17(22)25)20-13(21-15)8-6-10-5-7-11(18)12(19)9-10/h5-9H,3-4H2,1-2H3,(H,20,21). The van der Waals surface area contributed by atoms with Crippen LogP contribution in [0.5, 0.6) is 0 Å². The lowest BCUT2D eigenvalue weighted by Crippen LogP contribution is -2.39. The van der Waals surface area contributed by atoms with E-state index >= 15 is 0 Å². The number of nitrogens with one attached hydrogen (secondary N) is 1. The average molecular weight is 346 g/mol. The van der Waals surface area contributed by atoms with Gasteiger partial charge in [-0.3, -0.25) is 13.9 Å². The van der Waals surface area contributed by atoms with Crippen molar-refractivity contribution < 1.29 is 8.78 Å². The van der Waals surface area contributed by atoms with Crippen LogP contribution in [-0.4, -0.2) is 19.1 Å². The highest BCUT2D eigenvalue weighted by molar-refractivity contribution is 5.75. The minimum atomic E-state index is -0.947. The molecule has 1 N–H and O–H groups in total. The van der Waals surface area contributed by atoms with Crippen LogP contribution >= 0.6 is 0 Å². The molecule has 8 heteroatoms. The summed E-state index contributed by atoms with van der Waals surface area (Å²) in [5.41, 5.74) is 0.0934. The Labute approximate surface area is 141 Å². The Balaban J connectivity index is 2.11. The summed E-state index contributed by atoms with van der Waals surface area (Å²) in [4.78, 5) is 31.8. The maximum atomic E-state index is 13.2. The third-order valence-corrected chi connectivity index (χ3v) is 3.89. The molecule has 0 aliphatic rings. The first-order valence-corrected chi connectivity index (χ1v) is 7.82. The van der Waals surface area contributed by atoms with Gasteiger partial charge in [-0.05, 0) is 37.6 Å². The number of H-pyrrole nitrogens is 1. The maximum absolute atomic E-state index is 13.2. The van der Waals surface area contributed by atoms with Crippen molar-refractivity contribution in [2.75, 3.05) is 0 Å². The molecule has 2 aromatic heterocycles. The number of rotatable bonds is 4. The summed E-state index contributed by atoms with van der Waals surface area (Å²) in [5.74, 6) is -1.53. The van der Waals surface area contributed by atoms with E-state index in [2.05, 4.69) is 9.97 Å². The Hall–Kier alpha value is -3.03. The number of fused-ring (bicyclic) bond motifs is 1. The number of hydrogen-bond acceptors (Lipinski definition) is 3. The molecule has 2 heterocycles. The van der Waals surface area contributed by atoms with Gasteiger partial charge in [-0.2, -0.15) is 0 Å². The Bertz CT molecular complexity index is 1090. The van der Waals surface area contributed by atoms with Gasteiger partial charge >= 0.3 is 5.69 Å². The van der Waals surface area contributed by atoms with Crippen molar-refractivity contribution in [2.24, 2.45) is 0 Å². The van der Waals surface area contributed by atoms with Crippen molar-refractivity contribution in [1.29, 1.82) is 0 Å². The fraction of sp³-hybridized carbons (Fsp3) is 0.235. The molecule has 0 atom stereocenters. The smallest absolute Gasteiger partial charge is 0.332 e. The molecule has 3 rings (SSSR count). The molecular formula is C17H16F2N4O2. The first-order valence-electron chi connectivity index (χ1n) is 7.82. The molecule has 0 saturated carbocycles. The molecule has 3 aromatic rings. The highest BCUT2D eigenvalue weighted by atomic mass is 19.2. The first kappa shape index (κ1) is 16.8. The van der Waals surface area contributed by atoms with Gasteiger partial charge in [0.1, 0.15) is 11.3 Å². The Morgan fingerprint density at radius 3 is 2.44 bits per heavy atom. The van der Waals surface area contributed by atoms with E-state index in [1.54, 1.807) is 13.8 Å². The van der Waals surface area contributed by atoms with E-state index in [-0.39, 0.29) is 17.7 Å². The second-order valence-corrected chi connectivity index (χ2v) is 5.40. The number of benzene rings is 1. The Morgan fingerprint density at radius 2 is 1.80 bits per heavy atom. The van der Waals surface area contributed by atoms with Gasteiger partial charge in [-0.25, -0.2) is 18.6 Å². The zero-order valence-electron chi connectivity index (χ0n) is 13.7. The van der Waals surface area contributed by atoms with Crippen molar-refractivity contribution >= 4 is 23.3 Å². The van der Waals surface area contributed by atoms with Crippen molar-refractivity contribution in [1.82, 2.24) is 19.1 Å². The summed E-state index contributed by atoms with van der Waals surface area (Å²) in [7, 11) is 0. The predicted molar refractivity (Wildman–Crippen MR) is 91.2 cm³/mol. The summed E-state index contributed by atoms with van der Waals surface area (Å²) in [5, 5.41) is 0. The monoisotopic (exact) mass is 346 g/mol. The molecule has 0 aliphatic heterocycles. The number of aryl methyl sites for hydroxylation is 1. The minimum absolute atomic E-state index is 0.230. The van der Waals surface area contributed by atoms with Crippen LogP contribution in [0, 0.1) is 11.6 Å². The summed E-state index contributed by atoms with van der Waals surface area (Å²) < 4.78 is 28.7. The molecule has 0 fully saturated rings. The van der Waals surface area contributed by atoms with E-state index in [9.17, 15) is 18.4 Å². The van der Waals surface area contributed by atoms with Crippen LogP contribution < -0.4 is 11.2 Å². The second-order valence-electron chi connectivity index (χ2n) is 5.40. The number of hydrogen-bond donors (Lipinski definition) is 1. The molecule has 0 spiro atoms. The number of imidazole rings is 1. The van der Waals surface area contributed by atoms with Crippen LogP contribution in [0.2, 0.25) is 0 Å². The normalized spacial score (nSPS) is 11.7. The van der Waals surface area contributed by atoms with Crippen LogP contribution in [0.4, 0.5) is 8.78 Å². The van der Waals surface area contributed by atoms with Crippen molar-refractivity contribution in [3.8, 4) is 0 Å². The number of aromatic amines is 1. The molecule has 0 aliphatic carbocycles. The number of nitrogens with zero attached hydrogens (tertiary/aromatic N) is 3. The summed E-state index contributed by atoms with van der Waals surface area (Å²) in [6, 6.07) is 3.51. The zero-order chi connectivity index (χ0) is 18.1. The third-order valence-electron chi connectivity index (χ3n) is 3.89. The van der Waals surface area contributed by atoms with E-state index in [4.69, 9.17) is 0 Å². The Morgan fingerprint density at radius 1 is 1.08 bits per heavy atom. The average Bonchev–Trinajstić information content (AvgIpc) is 3.01. The molecule has 0 saturated heterocycles. The van der Waals surface area contributed by atoms with Gasteiger partial charge in [0.05, 0.1) is 0 Å². The SMILES string of the molecule is CCn1c(=O)c2[nH]c(C=Cc3ccc(F)c(F)c3)nc2n(CC)c1=O. The van der Waals surface area contributed by atoms with Crippen LogP contribution in [0.15, 0.2) is 27.8 Å². The Kier molecular flexibility index (Phi) is 4.35. The lowest BCUT2D eigenvalue weighted by atomic mass is 10.2. The van der Waals surface area contributed by atoms with Gasteiger partial charge in [-0.1, -0.05) is 12.1 Å². The molecule has 0 bridgehead atoms. The lowest BCUT2D eigenvalue weighted by molar-refractivity contribution is 0.508. The third kappa shape index (κ3) is 2.90. The van der Waals surface area contributed by atoms with Crippen molar-refractivity contribution in [2.45, 2.75) is 26.9 Å². The van der Waals surface area contributed by atoms with E-state index < -0.39 is 22.9 Å². The quantitative estimate of drug-likeness (QED) is 0.788. The van der Waals surface area contributed by atoms with Gasteiger partial charge < -0.3 is 4.98 Å². The summed E-state index contributed by atoms with van der Waals surface area (Å²) in [6.45, 7) is 4.13. The number of aromatic nitrogens is 4. The molecular weight excluding hydrogens is 330 g/mol. The zero-order valence-corrected chi connectivity index (χ0v) is 13.7. The highest BCUT2D eigenvalue weighted by Crippen LogP contribution is 2.13. The van der Waals surface area contributed by atoms with Gasteiger partial charge in [0.15, 0.2) is 17.3 Å². The highest BCUT2D eigenvalue weighted by Gasteiger charge is 2.14. The largest absolute Gasteiger partial charge is 0.333 e. The van der Waals surface area contributed by atoms with Crippen molar-refractivity contribution in [3.05, 3.63) is 62.1 Å². The molecule has 1 aromatic carbocycles. The summed E-state index contributed by atoms with van der Waals surface area (Å²) in [6.07, 6.45) is 3.07. The van der Waals surface area contributed by atoms with Crippen LogP contribution in [0.25, 0.3) is 23.3 Å². The first-order chi connectivity index (χ1) is 12.0. The van der Waals surface area contributed by atoms with Gasteiger partial charge in [-0.15, -0.1) is 0 Å². The van der Waals surface area contributed by atoms with Crippen LogP contribution in [0.1, 0.15) is 25.2 Å². The molecule has 0 amide bonds. The molecule has 0 unspecified atom stereocenters. The van der Waals surface area contributed by atoms with Gasteiger partial charge in [0.2, 0.25) is 0 Å². The molecule has 0 radical (unpaired) electrons. The van der Waals surface area contributed by atoms with Crippen LogP contribution in [-0.2, 0) is 13.1 Å². The van der Waals surface area contributed by atoms with E-state index in [1.165, 1.54) is 22.8 Å². The van der Waals surface area contributed by atoms with E-state index in [1.807, 2.05) is 0 Å². The van der Waals surface area contributed by atoms with Gasteiger partial charge in [0.25, 0.3) is 5.56 Å². The van der Waals surface area contributed by atoms with Crippen molar-refractivity contribution in [3.63, 3.8) is 0 Å².